The maximum atomic E-state index is 14.2. The van der Waals surface area contributed by atoms with E-state index in [1.807, 2.05) is 7.05 Å². The van der Waals surface area contributed by atoms with Gasteiger partial charge < -0.3 is 10.6 Å². The Hall–Kier alpha value is -0.680. The minimum atomic E-state index is -0.280. The molecule has 1 aromatic rings. The van der Waals surface area contributed by atoms with E-state index in [0.717, 1.165) is 6.54 Å². The number of nitrogens with zero attached hydrogens (tertiary/aromatic N) is 2. The average molecular weight is 314 g/mol. The summed E-state index contributed by atoms with van der Waals surface area (Å²) >= 11 is 5.83. The molecule has 21 heavy (non-hydrogen) atoms. The summed E-state index contributed by atoms with van der Waals surface area (Å²) in [5.41, 5.74) is 6.73. The van der Waals surface area contributed by atoms with E-state index < -0.39 is 0 Å². The number of benzene rings is 1. The Bertz CT molecular complexity index is 488. The van der Waals surface area contributed by atoms with Gasteiger partial charge in [-0.15, -0.1) is 0 Å². The fourth-order valence-electron chi connectivity index (χ4n) is 3.22. The summed E-state index contributed by atoms with van der Waals surface area (Å²) in [5, 5.41) is 0.415. The Morgan fingerprint density at radius 3 is 2.43 bits per heavy atom. The van der Waals surface area contributed by atoms with E-state index in [1.54, 1.807) is 12.1 Å². The highest BCUT2D eigenvalue weighted by Gasteiger charge is 2.41. The number of hydrogen-bond donors (Lipinski definition) is 1. The van der Waals surface area contributed by atoms with Crippen molar-refractivity contribution >= 4 is 11.6 Å². The summed E-state index contributed by atoms with van der Waals surface area (Å²) in [4.78, 5) is 4.46. The molecular formula is C16H25ClFN3. The molecule has 0 amide bonds. The number of likely N-dealkylation sites (N-methyl/N-ethyl adjacent to an activating group) is 2. The third-order valence-corrected chi connectivity index (χ3v) is 5.09. The predicted octanol–water partition coefficient (Wildman–Crippen LogP) is 2.90. The van der Waals surface area contributed by atoms with Crippen LogP contribution in [-0.2, 0) is 0 Å². The second-order valence-corrected chi connectivity index (χ2v) is 6.74. The molecule has 1 saturated carbocycles. The van der Waals surface area contributed by atoms with Gasteiger partial charge in [-0.3, -0.25) is 4.90 Å². The van der Waals surface area contributed by atoms with E-state index >= 15 is 0 Å². The van der Waals surface area contributed by atoms with Crippen LogP contribution in [0, 0.1) is 5.82 Å². The normalized spacial score (nSPS) is 18.9. The molecule has 0 bridgehead atoms. The standard InChI is InChI=1S/C16H25ClFN3/c1-20(2)16(7-4-8-16)11-21(3)15(10-19)13-6-5-12(17)9-14(13)18/h5-6,9,15H,4,7-8,10-11,19H2,1-3H3. The van der Waals surface area contributed by atoms with Crippen molar-refractivity contribution in [2.24, 2.45) is 5.73 Å². The smallest absolute Gasteiger partial charge is 0.129 e. The van der Waals surface area contributed by atoms with Crippen LogP contribution in [0.15, 0.2) is 18.2 Å². The number of nitrogens with two attached hydrogens (primary N) is 1. The summed E-state index contributed by atoms with van der Waals surface area (Å²) in [6.45, 7) is 1.28. The molecule has 1 atom stereocenters. The molecule has 1 aliphatic rings. The van der Waals surface area contributed by atoms with Crippen molar-refractivity contribution in [1.29, 1.82) is 0 Å². The topological polar surface area (TPSA) is 32.5 Å². The first-order valence-electron chi connectivity index (χ1n) is 7.42. The van der Waals surface area contributed by atoms with Crippen LogP contribution < -0.4 is 5.73 Å². The van der Waals surface area contributed by atoms with E-state index in [4.69, 9.17) is 17.3 Å². The van der Waals surface area contributed by atoms with Crippen molar-refractivity contribution in [3.05, 3.63) is 34.6 Å². The van der Waals surface area contributed by atoms with Crippen molar-refractivity contribution in [2.45, 2.75) is 30.8 Å². The Balaban J connectivity index is 2.17. The molecule has 3 nitrogen and oxygen atoms in total. The van der Waals surface area contributed by atoms with Crippen molar-refractivity contribution in [3.63, 3.8) is 0 Å². The molecule has 1 aromatic carbocycles. The van der Waals surface area contributed by atoms with Crippen LogP contribution in [-0.4, -0.2) is 49.6 Å². The lowest BCUT2D eigenvalue weighted by molar-refractivity contribution is 0.0164. The maximum absolute atomic E-state index is 14.2. The van der Waals surface area contributed by atoms with Crippen LogP contribution in [0.2, 0.25) is 5.02 Å². The first-order valence-corrected chi connectivity index (χ1v) is 7.80. The summed E-state index contributed by atoms with van der Waals surface area (Å²) in [6.07, 6.45) is 3.63. The number of rotatable bonds is 6. The molecule has 118 valence electrons. The van der Waals surface area contributed by atoms with Gasteiger partial charge in [-0.1, -0.05) is 17.7 Å². The first-order chi connectivity index (χ1) is 9.89. The highest BCUT2D eigenvalue weighted by atomic mass is 35.5. The van der Waals surface area contributed by atoms with Crippen LogP contribution in [0.3, 0.4) is 0 Å². The van der Waals surface area contributed by atoms with Gasteiger partial charge in [-0.25, -0.2) is 4.39 Å². The van der Waals surface area contributed by atoms with Crippen molar-refractivity contribution in [1.82, 2.24) is 9.80 Å². The van der Waals surface area contributed by atoms with Crippen molar-refractivity contribution < 1.29 is 4.39 Å². The van der Waals surface area contributed by atoms with Crippen molar-refractivity contribution in [3.8, 4) is 0 Å². The van der Waals surface area contributed by atoms with Crippen molar-refractivity contribution in [2.75, 3.05) is 34.2 Å². The third kappa shape index (κ3) is 3.39. The molecule has 1 unspecified atom stereocenters. The Labute approximate surface area is 131 Å². The molecule has 5 heteroatoms. The van der Waals surface area contributed by atoms with E-state index in [1.165, 1.54) is 25.3 Å². The van der Waals surface area contributed by atoms with Gasteiger partial charge in [0.2, 0.25) is 0 Å². The fourth-order valence-corrected chi connectivity index (χ4v) is 3.38. The molecule has 0 saturated heterocycles. The van der Waals surface area contributed by atoms with Crippen LogP contribution >= 0.6 is 11.6 Å². The lowest BCUT2D eigenvalue weighted by Crippen LogP contribution is -2.57. The Morgan fingerprint density at radius 2 is 2.00 bits per heavy atom. The second-order valence-electron chi connectivity index (χ2n) is 6.30. The highest BCUT2D eigenvalue weighted by Crippen LogP contribution is 2.38. The zero-order chi connectivity index (χ0) is 15.6. The molecule has 2 rings (SSSR count). The predicted molar refractivity (Wildman–Crippen MR) is 86.1 cm³/mol. The molecule has 1 aliphatic carbocycles. The van der Waals surface area contributed by atoms with Gasteiger partial charge in [0.25, 0.3) is 0 Å². The zero-order valence-electron chi connectivity index (χ0n) is 13.1. The maximum Gasteiger partial charge on any atom is 0.129 e. The van der Waals surface area contributed by atoms with Crippen LogP contribution in [0.25, 0.3) is 0 Å². The number of halogens is 2. The van der Waals surface area contributed by atoms with E-state index in [2.05, 4.69) is 23.9 Å². The Kier molecular flexibility index (Phi) is 5.25. The lowest BCUT2D eigenvalue weighted by Gasteiger charge is -2.50. The van der Waals surface area contributed by atoms with E-state index in [-0.39, 0.29) is 17.4 Å². The molecular weight excluding hydrogens is 289 g/mol. The van der Waals surface area contributed by atoms with Gasteiger partial charge in [0.1, 0.15) is 5.82 Å². The van der Waals surface area contributed by atoms with Gasteiger partial charge in [0, 0.05) is 35.3 Å². The van der Waals surface area contributed by atoms with Crippen LogP contribution in [0.5, 0.6) is 0 Å². The molecule has 0 spiro atoms. The molecule has 1 fully saturated rings. The molecule has 0 aliphatic heterocycles. The molecule has 0 radical (unpaired) electrons. The minimum absolute atomic E-state index is 0.125. The van der Waals surface area contributed by atoms with Gasteiger partial charge >= 0.3 is 0 Å². The zero-order valence-corrected chi connectivity index (χ0v) is 13.8. The van der Waals surface area contributed by atoms with E-state index in [9.17, 15) is 4.39 Å². The highest BCUT2D eigenvalue weighted by molar-refractivity contribution is 6.30. The second kappa shape index (κ2) is 6.61. The third-order valence-electron chi connectivity index (χ3n) is 4.85. The Morgan fingerprint density at radius 1 is 1.33 bits per heavy atom. The summed E-state index contributed by atoms with van der Waals surface area (Å²) < 4.78 is 14.2. The fraction of sp³-hybridized carbons (Fsp3) is 0.625. The largest absolute Gasteiger partial charge is 0.329 e. The molecule has 2 N–H and O–H groups in total. The number of hydrogen-bond acceptors (Lipinski definition) is 3. The quantitative estimate of drug-likeness (QED) is 0.876. The first kappa shape index (κ1) is 16.7. The molecule has 0 heterocycles. The summed E-state index contributed by atoms with van der Waals surface area (Å²) in [6, 6.07) is 4.70. The van der Waals surface area contributed by atoms with Gasteiger partial charge in [0.15, 0.2) is 0 Å². The van der Waals surface area contributed by atoms with Gasteiger partial charge in [-0.05, 0) is 52.5 Å². The lowest BCUT2D eigenvalue weighted by atomic mass is 9.75. The van der Waals surface area contributed by atoms with Gasteiger partial charge in [-0.2, -0.15) is 0 Å². The SMILES string of the molecule is CN(CC1(N(C)C)CCC1)C(CN)c1ccc(Cl)cc1F. The summed E-state index contributed by atoms with van der Waals surface area (Å²) in [7, 11) is 6.26. The average Bonchev–Trinajstić information content (AvgIpc) is 2.36. The van der Waals surface area contributed by atoms with Crippen LogP contribution in [0.1, 0.15) is 30.9 Å². The van der Waals surface area contributed by atoms with Crippen LogP contribution in [0.4, 0.5) is 4.39 Å². The minimum Gasteiger partial charge on any atom is -0.329 e. The monoisotopic (exact) mass is 313 g/mol. The molecule has 0 aromatic heterocycles. The summed E-state index contributed by atoms with van der Waals surface area (Å²) in [5.74, 6) is -0.280. The van der Waals surface area contributed by atoms with Gasteiger partial charge in [0.05, 0.1) is 0 Å². The van der Waals surface area contributed by atoms with E-state index in [0.29, 0.717) is 17.1 Å².